The first kappa shape index (κ1) is 13.1. The second-order valence-corrected chi connectivity index (χ2v) is 4.28. The summed E-state index contributed by atoms with van der Waals surface area (Å²) >= 11 is 0. The molecule has 0 fully saturated rings. The van der Waals surface area contributed by atoms with Crippen molar-refractivity contribution < 1.29 is 14.3 Å². The van der Waals surface area contributed by atoms with Crippen LogP contribution in [0.4, 0.5) is 4.39 Å². The molecule has 2 aromatic rings. The fourth-order valence-electron chi connectivity index (χ4n) is 1.68. The molecule has 1 aromatic carbocycles. The fourth-order valence-corrected chi connectivity index (χ4v) is 1.68. The Balaban J connectivity index is 2.30. The summed E-state index contributed by atoms with van der Waals surface area (Å²) in [6, 6.07) is 7.92. The lowest BCUT2D eigenvalue weighted by Crippen LogP contribution is -2.14. The summed E-state index contributed by atoms with van der Waals surface area (Å²) in [5.41, 5.74) is 0.842. The lowest BCUT2D eigenvalue weighted by molar-refractivity contribution is -0.141. The molecule has 1 aromatic heterocycles. The molecule has 1 heterocycles. The van der Waals surface area contributed by atoms with E-state index in [1.54, 1.807) is 31.2 Å². The molecule has 0 aliphatic rings. The first-order valence-corrected chi connectivity index (χ1v) is 5.87. The van der Waals surface area contributed by atoms with Crippen LogP contribution in [0.3, 0.4) is 0 Å². The van der Waals surface area contributed by atoms with Crippen LogP contribution < -0.4 is 0 Å². The SMILES string of the molecule is CC(Cc1nccc(-c2ccccc2F)n1)C(=O)O. The second-order valence-electron chi connectivity index (χ2n) is 4.28. The van der Waals surface area contributed by atoms with Crippen molar-refractivity contribution in [3.8, 4) is 11.3 Å². The van der Waals surface area contributed by atoms with E-state index >= 15 is 0 Å². The minimum absolute atomic E-state index is 0.220. The zero-order chi connectivity index (χ0) is 13.8. The van der Waals surface area contributed by atoms with Gasteiger partial charge in [0.1, 0.15) is 11.6 Å². The number of aromatic nitrogens is 2. The highest BCUT2D eigenvalue weighted by atomic mass is 19.1. The second kappa shape index (κ2) is 5.56. The molecule has 0 bridgehead atoms. The van der Waals surface area contributed by atoms with Crippen LogP contribution in [0.2, 0.25) is 0 Å². The molecular weight excluding hydrogens is 247 g/mol. The maximum absolute atomic E-state index is 13.6. The van der Waals surface area contributed by atoms with Crippen molar-refractivity contribution in [2.45, 2.75) is 13.3 Å². The molecular formula is C14H13FN2O2. The van der Waals surface area contributed by atoms with E-state index in [9.17, 15) is 9.18 Å². The van der Waals surface area contributed by atoms with E-state index in [1.807, 2.05) is 0 Å². The predicted molar refractivity (Wildman–Crippen MR) is 67.9 cm³/mol. The topological polar surface area (TPSA) is 63.1 Å². The van der Waals surface area contributed by atoms with Gasteiger partial charge in [-0.3, -0.25) is 4.79 Å². The third-order valence-electron chi connectivity index (χ3n) is 2.77. The van der Waals surface area contributed by atoms with E-state index in [1.165, 1.54) is 12.3 Å². The van der Waals surface area contributed by atoms with Gasteiger partial charge in [-0.05, 0) is 18.2 Å². The van der Waals surface area contributed by atoms with Crippen molar-refractivity contribution in [3.63, 3.8) is 0 Å². The average Bonchev–Trinajstić information content (AvgIpc) is 2.39. The van der Waals surface area contributed by atoms with Gasteiger partial charge in [0.2, 0.25) is 0 Å². The standard InChI is InChI=1S/C14H13FN2O2/c1-9(14(18)19)8-13-16-7-6-12(17-13)10-4-2-3-5-11(10)15/h2-7,9H,8H2,1H3,(H,18,19). The lowest BCUT2D eigenvalue weighted by atomic mass is 10.1. The predicted octanol–water partition coefficient (Wildman–Crippen LogP) is 2.55. The number of hydrogen-bond donors (Lipinski definition) is 1. The summed E-state index contributed by atoms with van der Waals surface area (Å²) in [4.78, 5) is 19.0. The van der Waals surface area contributed by atoms with Gasteiger partial charge >= 0.3 is 5.97 Å². The lowest BCUT2D eigenvalue weighted by Gasteiger charge is -2.07. The van der Waals surface area contributed by atoms with Gasteiger partial charge in [-0.1, -0.05) is 19.1 Å². The van der Waals surface area contributed by atoms with E-state index in [0.29, 0.717) is 17.1 Å². The molecule has 2 rings (SSSR count). The Morgan fingerprint density at radius 1 is 1.37 bits per heavy atom. The zero-order valence-corrected chi connectivity index (χ0v) is 10.4. The molecule has 0 saturated carbocycles. The van der Waals surface area contributed by atoms with Crippen molar-refractivity contribution in [1.29, 1.82) is 0 Å². The number of carboxylic acids is 1. The Morgan fingerprint density at radius 3 is 2.79 bits per heavy atom. The van der Waals surface area contributed by atoms with Gasteiger partial charge < -0.3 is 5.11 Å². The Bertz CT molecular complexity index is 602. The molecule has 5 heteroatoms. The number of aliphatic carboxylic acids is 1. The Hall–Kier alpha value is -2.30. The van der Waals surface area contributed by atoms with Crippen molar-refractivity contribution >= 4 is 5.97 Å². The molecule has 1 atom stereocenters. The summed E-state index contributed by atoms with van der Waals surface area (Å²) in [5.74, 6) is -1.44. The first-order chi connectivity index (χ1) is 9.08. The molecule has 1 N–H and O–H groups in total. The third kappa shape index (κ3) is 3.13. The number of hydrogen-bond acceptors (Lipinski definition) is 3. The number of nitrogens with zero attached hydrogens (tertiary/aromatic N) is 2. The largest absolute Gasteiger partial charge is 0.481 e. The quantitative estimate of drug-likeness (QED) is 0.917. The van der Waals surface area contributed by atoms with Crippen molar-refractivity contribution in [1.82, 2.24) is 9.97 Å². The van der Waals surface area contributed by atoms with Crippen molar-refractivity contribution in [2.24, 2.45) is 5.92 Å². The van der Waals surface area contributed by atoms with Gasteiger partial charge in [-0.25, -0.2) is 14.4 Å². The summed E-state index contributed by atoms with van der Waals surface area (Å²) in [7, 11) is 0. The highest BCUT2D eigenvalue weighted by molar-refractivity contribution is 5.69. The maximum atomic E-state index is 13.6. The van der Waals surface area contributed by atoms with Crippen LogP contribution in [0.25, 0.3) is 11.3 Å². The van der Waals surface area contributed by atoms with Crippen LogP contribution in [0.1, 0.15) is 12.7 Å². The van der Waals surface area contributed by atoms with Gasteiger partial charge in [-0.2, -0.15) is 0 Å². The minimum Gasteiger partial charge on any atom is -0.481 e. The highest BCUT2D eigenvalue weighted by Gasteiger charge is 2.14. The van der Waals surface area contributed by atoms with Gasteiger partial charge in [0.05, 0.1) is 11.6 Å². The van der Waals surface area contributed by atoms with E-state index in [-0.39, 0.29) is 12.2 Å². The smallest absolute Gasteiger partial charge is 0.306 e. The fraction of sp³-hybridized carbons (Fsp3) is 0.214. The molecule has 0 saturated heterocycles. The van der Waals surface area contributed by atoms with E-state index in [0.717, 1.165) is 0 Å². The van der Waals surface area contributed by atoms with Gasteiger partial charge in [0.25, 0.3) is 0 Å². The summed E-state index contributed by atoms with van der Waals surface area (Å²) in [5, 5.41) is 8.86. The van der Waals surface area contributed by atoms with E-state index < -0.39 is 11.9 Å². The van der Waals surface area contributed by atoms with E-state index in [4.69, 9.17) is 5.11 Å². The van der Waals surface area contributed by atoms with Gasteiger partial charge in [0, 0.05) is 18.2 Å². The highest BCUT2D eigenvalue weighted by Crippen LogP contribution is 2.20. The van der Waals surface area contributed by atoms with Crippen LogP contribution in [0.15, 0.2) is 36.5 Å². The summed E-state index contributed by atoms with van der Waals surface area (Å²) < 4.78 is 13.6. The first-order valence-electron chi connectivity index (χ1n) is 5.87. The molecule has 19 heavy (non-hydrogen) atoms. The number of benzene rings is 1. The number of halogens is 1. The molecule has 98 valence electrons. The van der Waals surface area contributed by atoms with Crippen LogP contribution in [-0.2, 0) is 11.2 Å². The molecule has 0 amide bonds. The molecule has 0 aliphatic heterocycles. The molecule has 0 radical (unpaired) electrons. The zero-order valence-electron chi connectivity index (χ0n) is 10.4. The molecule has 1 unspecified atom stereocenters. The number of rotatable bonds is 4. The van der Waals surface area contributed by atoms with Crippen LogP contribution in [-0.4, -0.2) is 21.0 Å². The molecule has 0 aliphatic carbocycles. The van der Waals surface area contributed by atoms with Crippen molar-refractivity contribution in [2.75, 3.05) is 0 Å². The average molecular weight is 260 g/mol. The third-order valence-corrected chi connectivity index (χ3v) is 2.77. The van der Waals surface area contributed by atoms with Crippen LogP contribution >= 0.6 is 0 Å². The monoisotopic (exact) mass is 260 g/mol. The summed E-state index contributed by atoms with van der Waals surface area (Å²) in [6.45, 7) is 1.58. The Morgan fingerprint density at radius 2 is 2.11 bits per heavy atom. The number of carboxylic acid groups (broad SMARTS) is 1. The van der Waals surface area contributed by atoms with Crippen LogP contribution in [0.5, 0.6) is 0 Å². The van der Waals surface area contributed by atoms with Gasteiger partial charge in [0.15, 0.2) is 0 Å². The summed E-state index contributed by atoms with van der Waals surface area (Å²) in [6.07, 6.45) is 1.73. The van der Waals surface area contributed by atoms with E-state index in [2.05, 4.69) is 9.97 Å². The van der Waals surface area contributed by atoms with Crippen molar-refractivity contribution in [3.05, 3.63) is 48.2 Å². The van der Waals surface area contributed by atoms with Gasteiger partial charge in [-0.15, -0.1) is 0 Å². The number of carbonyl (C=O) groups is 1. The minimum atomic E-state index is -0.903. The normalized spacial score (nSPS) is 12.1. The molecule has 4 nitrogen and oxygen atoms in total. The van der Waals surface area contributed by atoms with Crippen LogP contribution in [0, 0.1) is 11.7 Å². The maximum Gasteiger partial charge on any atom is 0.306 e. The Labute approximate surface area is 110 Å². The Kier molecular flexibility index (Phi) is 3.85. The molecule has 0 spiro atoms.